The van der Waals surface area contributed by atoms with Crippen molar-refractivity contribution in [3.8, 4) is 0 Å². The van der Waals surface area contributed by atoms with Crippen LogP contribution in [0.3, 0.4) is 0 Å². The molecule has 0 spiro atoms. The Morgan fingerprint density at radius 1 is 1.12 bits per heavy atom. The van der Waals surface area contributed by atoms with Crippen LogP contribution in [0.2, 0.25) is 0 Å². The van der Waals surface area contributed by atoms with Crippen LogP contribution in [-0.4, -0.2) is 45.0 Å². The molecule has 26 heavy (non-hydrogen) atoms. The van der Waals surface area contributed by atoms with E-state index >= 15 is 0 Å². The Morgan fingerprint density at radius 2 is 1.81 bits per heavy atom. The third-order valence-corrected chi connectivity index (χ3v) is 8.50. The Kier molecular flexibility index (Phi) is 9.82. The van der Waals surface area contributed by atoms with E-state index in [0.717, 1.165) is 35.8 Å². The lowest BCUT2D eigenvalue weighted by Crippen LogP contribution is -2.41. The van der Waals surface area contributed by atoms with Gasteiger partial charge in [0.25, 0.3) is 0 Å². The second-order valence-electron chi connectivity index (χ2n) is 7.41. The van der Waals surface area contributed by atoms with Crippen LogP contribution >= 0.6 is 35.7 Å². The van der Waals surface area contributed by atoms with E-state index < -0.39 is 0 Å². The quantitative estimate of drug-likeness (QED) is 0.398. The summed E-state index contributed by atoms with van der Waals surface area (Å²) in [4.78, 5) is 3.29. The van der Waals surface area contributed by atoms with Gasteiger partial charge in [0.15, 0.2) is 0 Å². The number of thioether (sulfide) groups is 2. The van der Waals surface area contributed by atoms with Gasteiger partial charge in [-0.15, -0.1) is 11.8 Å². The number of hydrogen-bond donors (Lipinski definition) is 1. The van der Waals surface area contributed by atoms with Crippen LogP contribution in [0.4, 0.5) is 0 Å². The Hall–Kier alpha value is -0.230. The summed E-state index contributed by atoms with van der Waals surface area (Å²) in [6.45, 7) is 0. The summed E-state index contributed by atoms with van der Waals surface area (Å²) >= 11 is 8.99. The van der Waals surface area contributed by atoms with Crippen molar-refractivity contribution >= 4 is 40.1 Å². The molecule has 1 aliphatic rings. The fraction of sp³-hybridized carbons (Fsp3) is 0.667. The molecule has 2 rings (SSSR count). The minimum Gasteiger partial charge on any atom is -0.392 e. The molecule has 2 nitrogen and oxygen atoms in total. The molecule has 1 saturated carbocycles. The predicted octanol–water partition coefficient (Wildman–Crippen LogP) is 5.98. The average Bonchev–Trinajstić information content (AvgIpc) is 2.65. The minimum atomic E-state index is -0.205. The number of unbranched alkanes of at least 4 members (excludes halogenated alkanes) is 2. The topological polar surface area (TPSA) is 23.5 Å². The van der Waals surface area contributed by atoms with Gasteiger partial charge in [0.2, 0.25) is 0 Å². The van der Waals surface area contributed by atoms with E-state index in [1.807, 2.05) is 30.8 Å². The molecule has 1 N–H and O–H groups in total. The minimum absolute atomic E-state index is 0.0147. The van der Waals surface area contributed by atoms with E-state index in [1.54, 1.807) is 11.8 Å². The fourth-order valence-electron chi connectivity index (χ4n) is 3.54. The molecule has 0 amide bonds. The van der Waals surface area contributed by atoms with Crippen LogP contribution in [0.25, 0.3) is 0 Å². The maximum absolute atomic E-state index is 11.0. The Bertz CT molecular complexity index is 529. The lowest BCUT2D eigenvalue weighted by atomic mass is 9.82. The van der Waals surface area contributed by atoms with Gasteiger partial charge in [-0.2, -0.15) is 0 Å². The number of thiocarbonyl (C=S) groups is 1. The van der Waals surface area contributed by atoms with E-state index in [2.05, 4.69) is 30.3 Å². The first kappa shape index (κ1) is 22.1. The van der Waals surface area contributed by atoms with Gasteiger partial charge in [0, 0.05) is 29.5 Å². The highest BCUT2D eigenvalue weighted by molar-refractivity contribution is 8.22. The molecule has 1 aromatic carbocycles. The molecular weight excluding hydrogens is 378 g/mol. The molecule has 146 valence electrons. The molecule has 1 unspecified atom stereocenters. The van der Waals surface area contributed by atoms with Crippen LogP contribution in [0.5, 0.6) is 0 Å². The summed E-state index contributed by atoms with van der Waals surface area (Å²) in [7, 11) is 4.00. The smallest absolute Gasteiger partial charge is 0.135 e. The summed E-state index contributed by atoms with van der Waals surface area (Å²) in [6, 6.07) is 10.6. The van der Waals surface area contributed by atoms with Crippen molar-refractivity contribution in [2.45, 2.75) is 73.5 Å². The average molecular weight is 412 g/mol. The first-order valence-corrected chi connectivity index (χ1v) is 12.0. The van der Waals surface area contributed by atoms with Crippen molar-refractivity contribution in [3.63, 3.8) is 0 Å². The summed E-state index contributed by atoms with van der Waals surface area (Å²) in [6.07, 6.45) is 10.2. The van der Waals surface area contributed by atoms with E-state index in [4.69, 9.17) is 12.2 Å². The first-order valence-electron chi connectivity index (χ1n) is 9.80. The van der Waals surface area contributed by atoms with Crippen molar-refractivity contribution in [1.29, 1.82) is 0 Å². The standard InChI is InChI=1S/C21H33NOS3/c1-22(2)20(24)25-17-11-4-8-14-19(23)21(15-9-5-10-16-21)26-18-12-6-3-7-13-18/h3,6-7,12-13,19,23H,4-5,8-11,14-17H2,1-2H3. The van der Waals surface area contributed by atoms with Crippen molar-refractivity contribution in [2.75, 3.05) is 19.8 Å². The Morgan fingerprint density at radius 3 is 2.46 bits per heavy atom. The van der Waals surface area contributed by atoms with Crippen LogP contribution < -0.4 is 0 Å². The van der Waals surface area contributed by atoms with E-state index in [1.165, 1.54) is 37.0 Å². The molecular formula is C21H33NOS3. The van der Waals surface area contributed by atoms with E-state index in [9.17, 15) is 5.11 Å². The van der Waals surface area contributed by atoms with Crippen molar-refractivity contribution in [2.24, 2.45) is 0 Å². The van der Waals surface area contributed by atoms with Gasteiger partial charge in [-0.3, -0.25) is 0 Å². The third-order valence-electron chi connectivity index (χ3n) is 5.08. The molecule has 0 bridgehead atoms. The maximum atomic E-state index is 11.0. The molecule has 0 radical (unpaired) electrons. The number of benzene rings is 1. The predicted molar refractivity (Wildman–Crippen MR) is 121 cm³/mol. The summed E-state index contributed by atoms with van der Waals surface area (Å²) < 4.78 is 0.978. The summed E-state index contributed by atoms with van der Waals surface area (Å²) in [5.41, 5.74) is 0. The van der Waals surface area contributed by atoms with Gasteiger partial charge < -0.3 is 10.0 Å². The first-order chi connectivity index (χ1) is 12.5. The van der Waals surface area contributed by atoms with E-state index in [0.29, 0.717) is 0 Å². The number of hydrogen-bond acceptors (Lipinski definition) is 4. The SMILES string of the molecule is CN(C)C(=S)SCCCCCC(O)C1(Sc2ccccc2)CCCCC1. The van der Waals surface area contributed by atoms with Gasteiger partial charge in [-0.25, -0.2) is 0 Å². The van der Waals surface area contributed by atoms with Gasteiger partial charge in [-0.1, -0.05) is 74.3 Å². The van der Waals surface area contributed by atoms with Crippen LogP contribution in [-0.2, 0) is 0 Å². The van der Waals surface area contributed by atoms with Gasteiger partial charge in [-0.05, 0) is 37.8 Å². The molecule has 1 aromatic rings. The largest absolute Gasteiger partial charge is 0.392 e. The van der Waals surface area contributed by atoms with Gasteiger partial charge in [0.05, 0.1) is 6.10 Å². The molecule has 0 heterocycles. The maximum Gasteiger partial charge on any atom is 0.135 e. The molecule has 5 heteroatoms. The van der Waals surface area contributed by atoms with Crippen LogP contribution in [0.15, 0.2) is 35.2 Å². The molecule has 1 aliphatic carbocycles. The normalized spacial score (nSPS) is 17.7. The highest BCUT2D eigenvalue weighted by atomic mass is 32.2. The Balaban J connectivity index is 1.78. The highest BCUT2D eigenvalue weighted by Crippen LogP contribution is 2.47. The van der Waals surface area contributed by atoms with Crippen molar-refractivity contribution < 1.29 is 5.11 Å². The number of aliphatic hydroxyl groups is 1. The van der Waals surface area contributed by atoms with E-state index in [-0.39, 0.29) is 10.9 Å². The molecule has 0 saturated heterocycles. The van der Waals surface area contributed by atoms with Crippen molar-refractivity contribution in [3.05, 3.63) is 30.3 Å². The molecule has 1 fully saturated rings. The fourth-order valence-corrected chi connectivity index (χ4v) is 6.09. The lowest BCUT2D eigenvalue weighted by Gasteiger charge is -2.41. The number of nitrogens with zero attached hydrogens (tertiary/aromatic N) is 1. The third kappa shape index (κ3) is 7.06. The lowest BCUT2D eigenvalue weighted by molar-refractivity contribution is 0.0958. The molecule has 0 aliphatic heterocycles. The van der Waals surface area contributed by atoms with Gasteiger partial charge >= 0.3 is 0 Å². The zero-order chi connectivity index (χ0) is 18.8. The van der Waals surface area contributed by atoms with Crippen LogP contribution in [0.1, 0.15) is 57.8 Å². The highest BCUT2D eigenvalue weighted by Gasteiger charge is 2.39. The zero-order valence-electron chi connectivity index (χ0n) is 16.2. The number of rotatable bonds is 9. The van der Waals surface area contributed by atoms with Crippen molar-refractivity contribution in [1.82, 2.24) is 4.90 Å². The molecule has 0 aromatic heterocycles. The summed E-state index contributed by atoms with van der Waals surface area (Å²) in [5.74, 6) is 1.08. The monoisotopic (exact) mass is 411 g/mol. The second-order valence-corrected chi connectivity index (χ2v) is 10.6. The zero-order valence-corrected chi connectivity index (χ0v) is 18.6. The molecule has 1 atom stereocenters. The van der Waals surface area contributed by atoms with Crippen LogP contribution in [0, 0.1) is 0 Å². The second kappa shape index (κ2) is 11.6. The summed E-state index contributed by atoms with van der Waals surface area (Å²) in [5, 5.41) is 11.0. The Labute approximate surface area is 173 Å². The number of aliphatic hydroxyl groups excluding tert-OH is 1. The van der Waals surface area contributed by atoms with Gasteiger partial charge in [0.1, 0.15) is 4.32 Å².